The maximum atomic E-state index is 5.62. The maximum Gasteiger partial charge on any atom is 0.237 e. The van der Waals surface area contributed by atoms with Crippen LogP contribution in [0.15, 0.2) is 12.1 Å². The minimum Gasteiger partial charge on any atom is -0.368 e. The van der Waals surface area contributed by atoms with Gasteiger partial charge in [-0.15, -0.1) is 0 Å². The van der Waals surface area contributed by atoms with Crippen molar-refractivity contribution in [2.45, 2.75) is 6.92 Å². The van der Waals surface area contributed by atoms with E-state index in [9.17, 15) is 0 Å². The van der Waals surface area contributed by atoms with Crippen LogP contribution in [0.2, 0.25) is 0 Å². The van der Waals surface area contributed by atoms with Gasteiger partial charge in [-0.3, -0.25) is 4.90 Å². The van der Waals surface area contributed by atoms with Gasteiger partial charge in [0.05, 0.1) is 0 Å². The van der Waals surface area contributed by atoms with Gasteiger partial charge in [0.25, 0.3) is 0 Å². The van der Waals surface area contributed by atoms with E-state index in [1.54, 1.807) is 7.05 Å². The highest BCUT2D eigenvalue weighted by Crippen LogP contribution is 2.20. The highest BCUT2D eigenvalue weighted by molar-refractivity contribution is 5.54. The second kappa shape index (κ2) is 4.28. The van der Waals surface area contributed by atoms with Crippen LogP contribution in [0, 0.1) is 6.92 Å². The number of H-pyrrole nitrogens is 1. The van der Waals surface area contributed by atoms with Crippen molar-refractivity contribution >= 4 is 23.7 Å². The molecule has 7 nitrogen and oxygen atoms in total. The number of hydrogen-bond acceptors (Lipinski definition) is 6. The lowest BCUT2D eigenvalue weighted by Gasteiger charge is -2.15. The lowest BCUT2D eigenvalue weighted by atomic mass is 10.5. The van der Waals surface area contributed by atoms with E-state index < -0.39 is 0 Å². The number of nitrogens with two attached hydrogens (primary N) is 1. The number of hydrogen-bond donors (Lipinski definition) is 3. The summed E-state index contributed by atoms with van der Waals surface area (Å²) in [5.41, 5.74) is 6.69. The molecule has 0 aromatic carbocycles. The molecule has 0 aliphatic heterocycles. The molecule has 0 fully saturated rings. The van der Waals surface area contributed by atoms with Crippen molar-refractivity contribution in [3.63, 3.8) is 0 Å². The highest BCUT2D eigenvalue weighted by Gasteiger charge is 2.11. The quantitative estimate of drug-likeness (QED) is 0.729. The van der Waals surface area contributed by atoms with Gasteiger partial charge in [-0.1, -0.05) is 0 Å². The molecule has 0 aliphatic rings. The number of nitrogen functional groups attached to an aromatic ring is 1. The van der Waals surface area contributed by atoms with Crippen LogP contribution in [0.1, 0.15) is 5.69 Å². The zero-order valence-corrected chi connectivity index (χ0v) is 10.0. The van der Waals surface area contributed by atoms with Crippen molar-refractivity contribution in [3.05, 3.63) is 17.8 Å². The maximum absolute atomic E-state index is 5.62. The van der Waals surface area contributed by atoms with Crippen LogP contribution in [-0.2, 0) is 0 Å². The SMILES string of the molecule is CNc1nc(N)nc(N(C)c2ccc(C)[nH]2)n1. The number of aromatic nitrogens is 4. The molecule has 2 rings (SSSR count). The number of nitrogens with zero attached hydrogens (tertiary/aromatic N) is 4. The molecule has 0 aliphatic carbocycles. The summed E-state index contributed by atoms with van der Waals surface area (Å²) in [5.74, 6) is 2.02. The number of aryl methyl sites for hydroxylation is 1. The Morgan fingerprint density at radius 3 is 2.65 bits per heavy atom. The van der Waals surface area contributed by atoms with Gasteiger partial charge < -0.3 is 16.0 Å². The first-order valence-electron chi connectivity index (χ1n) is 5.19. The molecule has 0 bridgehead atoms. The molecule has 90 valence electrons. The zero-order valence-electron chi connectivity index (χ0n) is 10.0. The minimum absolute atomic E-state index is 0.189. The van der Waals surface area contributed by atoms with Gasteiger partial charge in [-0.2, -0.15) is 15.0 Å². The fourth-order valence-corrected chi connectivity index (χ4v) is 1.44. The monoisotopic (exact) mass is 233 g/mol. The fourth-order valence-electron chi connectivity index (χ4n) is 1.44. The molecule has 0 saturated carbocycles. The molecule has 0 radical (unpaired) electrons. The van der Waals surface area contributed by atoms with Gasteiger partial charge in [0.15, 0.2) is 0 Å². The number of rotatable bonds is 3. The Labute approximate surface area is 99.1 Å². The van der Waals surface area contributed by atoms with Gasteiger partial charge in [0.2, 0.25) is 17.8 Å². The minimum atomic E-state index is 0.189. The van der Waals surface area contributed by atoms with E-state index in [1.807, 2.05) is 31.0 Å². The summed E-state index contributed by atoms with van der Waals surface area (Å²) in [4.78, 5) is 17.3. The normalized spacial score (nSPS) is 10.3. The highest BCUT2D eigenvalue weighted by atomic mass is 15.3. The summed E-state index contributed by atoms with van der Waals surface area (Å²) in [6.07, 6.45) is 0. The molecule has 0 amide bonds. The summed E-state index contributed by atoms with van der Waals surface area (Å²) < 4.78 is 0. The molecule has 2 aromatic heterocycles. The molecule has 0 atom stereocenters. The Morgan fingerprint density at radius 2 is 2.06 bits per heavy atom. The average molecular weight is 233 g/mol. The first-order valence-corrected chi connectivity index (χ1v) is 5.19. The Bertz CT molecular complexity index is 519. The van der Waals surface area contributed by atoms with Crippen LogP contribution >= 0.6 is 0 Å². The van der Waals surface area contributed by atoms with Crippen molar-refractivity contribution in [1.29, 1.82) is 0 Å². The Balaban J connectivity index is 2.36. The van der Waals surface area contributed by atoms with E-state index in [0.717, 1.165) is 11.5 Å². The first-order chi connectivity index (χ1) is 8.10. The Morgan fingerprint density at radius 1 is 1.29 bits per heavy atom. The molecular weight excluding hydrogens is 218 g/mol. The van der Waals surface area contributed by atoms with Crippen LogP contribution in [0.25, 0.3) is 0 Å². The molecule has 0 unspecified atom stereocenters. The predicted octanol–water partition coefficient (Wildman–Crippen LogP) is 0.900. The molecule has 7 heteroatoms. The van der Waals surface area contributed by atoms with Gasteiger partial charge in [0, 0.05) is 19.8 Å². The summed E-state index contributed by atoms with van der Waals surface area (Å²) in [5, 5.41) is 2.84. The fraction of sp³-hybridized carbons (Fsp3) is 0.300. The van der Waals surface area contributed by atoms with Gasteiger partial charge >= 0.3 is 0 Å². The number of nitrogens with one attached hydrogen (secondary N) is 2. The molecule has 4 N–H and O–H groups in total. The second-order valence-corrected chi connectivity index (χ2v) is 3.65. The van der Waals surface area contributed by atoms with E-state index in [4.69, 9.17) is 5.73 Å². The van der Waals surface area contributed by atoms with Gasteiger partial charge in [-0.05, 0) is 19.1 Å². The van der Waals surface area contributed by atoms with Crippen LogP contribution in [0.3, 0.4) is 0 Å². The third-order valence-electron chi connectivity index (χ3n) is 2.34. The van der Waals surface area contributed by atoms with Crippen molar-refractivity contribution < 1.29 is 0 Å². The first kappa shape index (κ1) is 11.2. The Hall–Kier alpha value is -2.31. The molecule has 0 saturated heterocycles. The third kappa shape index (κ3) is 2.27. The molecule has 2 aromatic rings. The topological polar surface area (TPSA) is 95.7 Å². The molecule has 0 spiro atoms. The van der Waals surface area contributed by atoms with Crippen molar-refractivity contribution in [2.24, 2.45) is 0 Å². The third-order valence-corrected chi connectivity index (χ3v) is 2.34. The van der Waals surface area contributed by atoms with Gasteiger partial charge in [0.1, 0.15) is 5.82 Å². The predicted molar refractivity (Wildman–Crippen MR) is 67.4 cm³/mol. The smallest absolute Gasteiger partial charge is 0.237 e. The van der Waals surface area contributed by atoms with E-state index in [0.29, 0.717) is 11.9 Å². The van der Waals surface area contributed by atoms with E-state index >= 15 is 0 Å². The second-order valence-electron chi connectivity index (χ2n) is 3.65. The summed E-state index contributed by atoms with van der Waals surface area (Å²) in [6.45, 7) is 1.98. The summed E-state index contributed by atoms with van der Waals surface area (Å²) in [6, 6.07) is 3.93. The van der Waals surface area contributed by atoms with Crippen molar-refractivity contribution in [2.75, 3.05) is 30.0 Å². The molecule has 2 heterocycles. The molecular formula is C10H15N7. The molecule has 17 heavy (non-hydrogen) atoms. The van der Waals surface area contributed by atoms with Crippen LogP contribution in [0.4, 0.5) is 23.7 Å². The number of aromatic amines is 1. The average Bonchev–Trinajstić information content (AvgIpc) is 2.74. The van der Waals surface area contributed by atoms with Crippen LogP contribution < -0.4 is 16.0 Å². The largest absolute Gasteiger partial charge is 0.368 e. The Kier molecular flexibility index (Phi) is 2.82. The zero-order chi connectivity index (χ0) is 12.4. The summed E-state index contributed by atoms with van der Waals surface area (Å²) in [7, 11) is 3.59. The summed E-state index contributed by atoms with van der Waals surface area (Å²) >= 11 is 0. The van der Waals surface area contributed by atoms with E-state index in [-0.39, 0.29) is 5.95 Å². The lowest BCUT2D eigenvalue weighted by Crippen LogP contribution is -2.16. The van der Waals surface area contributed by atoms with Crippen molar-refractivity contribution in [1.82, 2.24) is 19.9 Å². The van der Waals surface area contributed by atoms with Crippen LogP contribution in [0.5, 0.6) is 0 Å². The lowest BCUT2D eigenvalue weighted by molar-refractivity contribution is 0.982. The number of anilines is 4. The van der Waals surface area contributed by atoms with Gasteiger partial charge in [-0.25, -0.2) is 0 Å². The van der Waals surface area contributed by atoms with E-state index in [1.165, 1.54) is 0 Å². The van der Waals surface area contributed by atoms with Crippen LogP contribution in [-0.4, -0.2) is 34.0 Å². The van der Waals surface area contributed by atoms with Crippen molar-refractivity contribution in [3.8, 4) is 0 Å². The standard InChI is InChI=1S/C10H15N7/c1-6-4-5-7(13-6)17(3)10-15-8(11)14-9(12-2)16-10/h4-5,13H,1-3H3,(H3,11,12,14,15,16). The van der Waals surface area contributed by atoms with E-state index in [2.05, 4.69) is 25.3 Å².